The van der Waals surface area contributed by atoms with Crippen molar-refractivity contribution < 1.29 is 17.7 Å². The molecule has 0 spiro atoms. The molecule has 1 fully saturated rings. The number of aromatic nitrogens is 2. The van der Waals surface area contributed by atoms with Gasteiger partial charge >= 0.3 is 0 Å². The summed E-state index contributed by atoms with van der Waals surface area (Å²) in [5, 5.41) is 6.74. The molecule has 1 N–H and O–H groups in total. The molecular formula is C22H24N4O4S. The van der Waals surface area contributed by atoms with Crippen molar-refractivity contribution in [2.24, 2.45) is 0 Å². The molecule has 1 amide bonds. The summed E-state index contributed by atoms with van der Waals surface area (Å²) in [6.07, 6.45) is 2.71. The van der Waals surface area contributed by atoms with Crippen LogP contribution in [0.2, 0.25) is 0 Å². The highest BCUT2D eigenvalue weighted by atomic mass is 32.2. The van der Waals surface area contributed by atoms with Crippen LogP contribution in [0.3, 0.4) is 0 Å². The van der Waals surface area contributed by atoms with E-state index in [-0.39, 0.29) is 16.5 Å². The Labute approximate surface area is 181 Å². The Kier molecular flexibility index (Phi) is 5.88. The molecule has 1 unspecified atom stereocenters. The third-order valence-electron chi connectivity index (χ3n) is 5.39. The monoisotopic (exact) mass is 440 g/mol. The van der Waals surface area contributed by atoms with Crippen molar-refractivity contribution in [3.63, 3.8) is 0 Å². The normalized spacial score (nSPS) is 17.4. The largest absolute Gasteiger partial charge is 0.339 e. The number of carbonyl (C=O) groups is 1. The second-order valence-electron chi connectivity index (χ2n) is 7.63. The number of para-hydroxylation sites is 1. The minimum Gasteiger partial charge on any atom is -0.339 e. The molecule has 1 aliphatic heterocycles. The lowest BCUT2D eigenvalue weighted by atomic mass is 10.1. The maximum Gasteiger partial charge on any atom is 0.255 e. The van der Waals surface area contributed by atoms with Gasteiger partial charge in [-0.1, -0.05) is 29.8 Å². The van der Waals surface area contributed by atoms with Crippen LogP contribution in [0.1, 0.15) is 42.4 Å². The lowest BCUT2D eigenvalue weighted by Gasteiger charge is -2.32. The second-order valence-corrected chi connectivity index (χ2v) is 9.52. The molecule has 0 bridgehead atoms. The standard InChI is InChI=1S/C22H24N4O4S/c1-15-8-5-6-13-26(15)31(28,29)18-10-7-9-17(14-18)22(27)24-20-12-4-3-11-19(20)21-23-16(2)30-25-21/h3-4,7,9-12,14-15H,5-6,8,13H2,1-2H3,(H,24,27). The summed E-state index contributed by atoms with van der Waals surface area (Å²) in [6.45, 7) is 4.11. The zero-order chi connectivity index (χ0) is 22.0. The van der Waals surface area contributed by atoms with Gasteiger partial charge in [-0.05, 0) is 50.1 Å². The first-order valence-electron chi connectivity index (χ1n) is 10.2. The maximum atomic E-state index is 13.1. The molecule has 8 nitrogen and oxygen atoms in total. The first-order valence-corrected chi connectivity index (χ1v) is 11.6. The lowest BCUT2D eigenvalue weighted by molar-refractivity contribution is 0.102. The number of amides is 1. The number of nitrogens with zero attached hydrogens (tertiary/aromatic N) is 3. The van der Waals surface area contributed by atoms with Gasteiger partial charge < -0.3 is 9.84 Å². The molecule has 3 aromatic rings. The van der Waals surface area contributed by atoms with Gasteiger partial charge in [0.05, 0.1) is 10.6 Å². The molecule has 162 valence electrons. The topological polar surface area (TPSA) is 105 Å². The fraction of sp³-hybridized carbons (Fsp3) is 0.318. The fourth-order valence-corrected chi connectivity index (χ4v) is 5.50. The zero-order valence-electron chi connectivity index (χ0n) is 17.4. The predicted octanol–water partition coefficient (Wildman–Crippen LogP) is 3.86. The number of hydrogen-bond donors (Lipinski definition) is 1. The van der Waals surface area contributed by atoms with E-state index in [4.69, 9.17) is 4.52 Å². The van der Waals surface area contributed by atoms with Crippen LogP contribution in [0.25, 0.3) is 11.4 Å². The van der Waals surface area contributed by atoms with Crippen LogP contribution < -0.4 is 5.32 Å². The van der Waals surface area contributed by atoms with Crippen molar-refractivity contribution >= 4 is 21.6 Å². The van der Waals surface area contributed by atoms with E-state index in [0.717, 1.165) is 19.3 Å². The number of carbonyl (C=O) groups excluding carboxylic acids is 1. The third kappa shape index (κ3) is 4.38. The van der Waals surface area contributed by atoms with Gasteiger partial charge in [-0.25, -0.2) is 8.42 Å². The number of nitrogens with one attached hydrogen (secondary N) is 1. The number of aryl methyl sites for hydroxylation is 1. The summed E-state index contributed by atoms with van der Waals surface area (Å²) in [6, 6.07) is 13.2. The molecular weight excluding hydrogens is 416 g/mol. The van der Waals surface area contributed by atoms with Crippen molar-refractivity contribution in [2.45, 2.75) is 44.0 Å². The Hall–Kier alpha value is -3.04. The van der Waals surface area contributed by atoms with Crippen LogP contribution in [0.15, 0.2) is 57.9 Å². The van der Waals surface area contributed by atoms with Gasteiger partial charge in [0.15, 0.2) is 0 Å². The molecule has 2 aromatic carbocycles. The van der Waals surface area contributed by atoms with Crippen molar-refractivity contribution in [1.82, 2.24) is 14.4 Å². The van der Waals surface area contributed by atoms with Gasteiger partial charge in [-0.2, -0.15) is 9.29 Å². The van der Waals surface area contributed by atoms with Crippen molar-refractivity contribution in [1.29, 1.82) is 0 Å². The van der Waals surface area contributed by atoms with E-state index in [9.17, 15) is 13.2 Å². The molecule has 1 aliphatic rings. The Morgan fingerprint density at radius 1 is 1.16 bits per heavy atom. The molecule has 0 radical (unpaired) electrons. The van der Waals surface area contributed by atoms with Gasteiger partial charge in [0, 0.05) is 30.6 Å². The Bertz CT molecular complexity index is 1210. The second kappa shape index (κ2) is 8.60. The molecule has 0 aliphatic carbocycles. The summed E-state index contributed by atoms with van der Waals surface area (Å²) in [5.41, 5.74) is 1.37. The van der Waals surface area contributed by atoms with Crippen molar-refractivity contribution in [2.75, 3.05) is 11.9 Å². The molecule has 1 atom stereocenters. The van der Waals surface area contributed by atoms with E-state index in [1.807, 2.05) is 13.0 Å². The lowest BCUT2D eigenvalue weighted by Crippen LogP contribution is -2.41. The highest BCUT2D eigenvalue weighted by Gasteiger charge is 2.31. The van der Waals surface area contributed by atoms with Crippen LogP contribution >= 0.6 is 0 Å². The van der Waals surface area contributed by atoms with Crippen molar-refractivity contribution in [3.8, 4) is 11.4 Å². The van der Waals surface area contributed by atoms with E-state index in [2.05, 4.69) is 15.5 Å². The number of rotatable bonds is 5. The highest BCUT2D eigenvalue weighted by Crippen LogP contribution is 2.28. The number of hydrogen-bond acceptors (Lipinski definition) is 6. The van der Waals surface area contributed by atoms with E-state index in [0.29, 0.717) is 29.5 Å². The Morgan fingerprint density at radius 2 is 1.97 bits per heavy atom. The summed E-state index contributed by atoms with van der Waals surface area (Å²) >= 11 is 0. The van der Waals surface area contributed by atoms with Gasteiger partial charge in [-0.3, -0.25) is 4.79 Å². The average Bonchev–Trinajstić information content (AvgIpc) is 3.20. The van der Waals surface area contributed by atoms with Crippen LogP contribution in [0, 0.1) is 6.92 Å². The number of benzene rings is 2. The fourth-order valence-electron chi connectivity index (χ4n) is 3.75. The minimum absolute atomic E-state index is 0.0541. The summed E-state index contributed by atoms with van der Waals surface area (Å²) in [5.74, 6) is 0.362. The quantitative estimate of drug-likeness (QED) is 0.646. The molecule has 31 heavy (non-hydrogen) atoms. The molecule has 9 heteroatoms. The summed E-state index contributed by atoms with van der Waals surface area (Å²) in [4.78, 5) is 17.3. The first-order chi connectivity index (χ1) is 14.9. The van der Waals surface area contributed by atoms with Crippen LogP contribution in [0.4, 0.5) is 5.69 Å². The van der Waals surface area contributed by atoms with Crippen LogP contribution in [-0.4, -0.2) is 41.4 Å². The third-order valence-corrected chi connectivity index (χ3v) is 7.40. The molecule has 0 saturated carbocycles. The van der Waals surface area contributed by atoms with Gasteiger partial charge in [0.2, 0.25) is 21.7 Å². The van der Waals surface area contributed by atoms with Crippen LogP contribution in [0.5, 0.6) is 0 Å². The first kappa shape index (κ1) is 21.2. The van der Waals surface area contributed by atoms with Gasteiger partial charge in [-0.15, -0.1) is 0 Å². The van der Waals surface area contributed by atoms with Gasteiger partial charge in [0.25, 0.3) is 5.91 Å². The van der Waals surface area contributed by atoms with Gasteiger partial charge in [0.1, 0.15) is 0 Å². The predicted molar refractivity (Wildman–Crippen MR) is 116 cm³/mol. The molecule has 1 saturated heterocycles. The summed E-state index contributed by atoms with van der Waals surface area (Å²) in [7, 11) is -3.67. The average molecular weight is 441 g/mol. The van der Waals surface area contributed by atoms with E-state index in [1.165, 1.54) is 16.4 Å². The number of sulfonamides is 1. The van der Waals surface area contributed by atoms with Crippen molar-refractivity contribution in [3.05, 3.63) is 60.0 Å². The van der Waals surface area contributed by atoms with E-state index >= 15 is 0 Å². The smallest absolute Gasteiger partial charge is 0.255 e. The number of anilines is 1. The van der Waals surface area contributed by atoms with Crippen LogP contribution in [-0.2, 0) is 10.0 Å². The summed E-state index contributed by atoms with van der Waals surface area (Å²) < 4.78 is 32.8. The minimum atomic E-state index is -3.67. The SMILES string of the molecule is Cc1nc(-c2ccccc2NC(=O)c2cccc(S(=O)(=O)N3CCCCC3C)c2)no1. The Morgan fingerprint density at radius 3 is 2.71 bits per heavy atom. The van der Waals surface area contributed by atoms with E-state index in [1.54, 1.807) is 37.3 Å². The highest BCUT2D eigenvalue weighted by molar-refractivity contribution is 7.89. The Balaban J connectivity index is 1.60. The van der Waals surface area contributed by atoms with E-state index < -0.39 is 15.9 Å². The molecule has 2 heterocycles. The molecule has 4 rings (SSSR count). The zero-order valence-corrected chi connectivity index (χ0v) is 18.2. The molecule has 1 aromatic heterocycles. The number of piperidine rings is 1. The maximum absolute atomic E-state index is 13.1.